The van der Waals surface area contributed by atoms with Gasteiger partial charge in [-0.1, -0.05) is 12.1 Å². The van der Waals surface area contributed by atoms with Crippen LogP contribution in [-0.4, -0.2) is 23.9 Å². The van der Waals surface area contributed by atoms with E-state index in [-0.39, 0.29) is 5.56 Å². The van der Waals surface area contributed by atoms with Crippen LogP contribution in [0.4, 0.5) is 13.2 Å². The number of halogens is 3. The number of carbonyl (C=O) groups is 1. The molecule has 0 saturated heterocycles. The summed E-state index contributed by atoms with van der Waals surface area (Å²) in [6.07, 6.45) is -5.58. The summed E-state index contributed by atoms with van der Waals surface area (Å²) in [6, 6.07) is 5.43. The lowest BCUT2D eigenvalue weighted by atomic mass is 9.95. The van der Waals surface area contributed by atoms with Crippen LogP contribution >= 0.6 is 0 Å². The molecule has 0 aliphatic rings. The lowest BCUT2D eigenvalue weighted by Gasteiger charge is -2.19. The highest BCUT2D eigenvalue weighted by molar-refractivity contribution is 5.68. The van der Waals surface area contributed by atoms with Crippen LogP contribution in [0.1, 0.15) is 24.8 Å². The second kappa shape index (κ2) is 5.75. The van der Waals surface area contributed by atoms with E-state index in [1.165, 1.54) is 24.3 Å². The fourth-order valence-electron chi connectivity index (χ4n) is 1.58. The van der Waals surface area contributed by atoms with Crippen molar-refractivity contribution in [2.75, 3.05) is 6.61 Å². The van der Waals surface area contributed by atoms with Crippen molar-refractivity contribution in [3.05, 3.63) is 29.8 Å². The Balaban J connectivity index is 3.04. The molecule has 0 aliphatic heterocycles. The first-order valence-corrected chi connectivity index (χ1v) is 5.36. The van der Waals surface area contributed by atoms with Crippen LogP contribution in [0.5, 0.6) is 5.75 Å². The van der Waals surface area contributed by atoms with Crippen LogP contribution in [0.2, 0.25) is 0 Å². The summed E-state index contributed by atoms with van der Waals surface area (Å²) >= 11 is 0. The van der Waals surface area contributed by atoms with E-state index in [1.54, 1.807) is 6.92 Å². The first-order valence-electron chi connectivity index (χ1n) is 5.36. The lowest BCUT2D eigenvalue weighted by molar-refractivity contribution is -0.163. The zero-order valence-electron chi connectivity index (χ0n) is 9.70. The summed E-state index contributed by atoms with van der Waals surface area (Å²) < 4.78 is 43.4. The SMILES string of the molecule is CCOc1cccc(C(CC(=O)O)C(F)(F)F)c1. The summed E-state index contributed by atoms with van der Waals surface area (Å²) in [4.78, 5) is 10.5. The Morgan fingerprint density at radius 1 is 1.44 bits per heavy atom. The maximum absolute atomic E-state index is 12.8. The van der Waals surface area contributed by atoms with E-state index in [9.17, 15) is 18.0 Å². The van der Waals surface area contributed by atoms with E-state index in [0.717, 1.165) is 0 Å². The molecule has 1 rings (SSSR count). The van der Waals surface area contributed by atoms with Gasteiger partial charge in [0.25, 0.3) is 0 Å². The lowest BCUT2D eigenvalue weighted by Crippen LogP contribution is -2.23. The number of carboxylic acid groups (broad SMARTS) is 1. The molecule has 0 heterocycles. The molecule has 0 bridgehead atoms. The van der Waals surface area contributed by atoms with Crippen molar-refractivity contribution in [2.24, 2.45) is 0 Å². The largest absolute Gasteiger partial charge is 0.494 e. The normalized spacial score (nSPS) is 13.1. The topological polar surface area (TPSA) is 46.5 Å². The zero-order valence-corrected chi connectivity index (χ0v) is 9.70. The van der Waals surface area contributed by atoms with E-state index < -0.39 is 24.5 Å². The van der Waals surface area contributed by atoms with Crippen molar-refractivity contribution < 1.29 is 27.8 Å². The summed E-state index contributed by atoms with van der Waals surface area (Å²) in [7, 11) is 0. The van der Waals surface area contributed by atoms with Crippen LogP contribution in [-0.2, 0) is 4.79 Å². The van der Waals surface area contributed by atoms with Gasteiger partial charge in [-0.25, -0.2) is 0 Å². The van der Waals surface area contributed by atoms with Crippen molar-refractivity contribution in [3.8, 4) is 5.75 Å². The molecule has 1 atom stereocenters. The van der Waals surface area contributed by atoms with Crippen LogP contribution < -0.4 is 4.74 Å². The maximum atomic E-state index is 12.8. The monoisotopic (exact) mass is 262 g/mol. The Morgan fingerprint density at radius 2 is 2.11 bits per heavy atom. The highest BCUT2D eigenvalue weighted by atomic mass is 19.4. The molecule has 0 radical (unpaired) electrons. The van der Waals surface area contributed by atoms with Gasteiger partial charge in [-0.3, -0.25) is 4.79 Å². The van der Waals surface area contributed by atoms with Crippen LogP contribution in [0.25, 0.3) is 0 Å². The van der Waals surface area contributed by atoms with Gasteiger partial charge in [0.15, 0.2) is 0 Å². The van der Waals surface area contributed by atoms with Gasteiger partial charge in [0.05, 0.1) is 18.9 Å². The highest BCUT2D eigenvalue weighted by Gasteiger charge is 2.42. The van der Waals surface area contributed by atoms with Crippen molar-refractivity contribution >= 4 is 5.97 Å². The molecular weight excluding hydrogens is 249 g/mol. The average Bonchev–Trinajstić information content (AvgIpc) is 2.25. The summed E-state index contributed by atoms with van der Waals surface area (Å²) in [5.41, 5.74) is -0.101. The van der Waals surface area contributed by atoms with E-state index in [1.807, 2.05) is 0 Å². The number of ether oxygens (including phenoxy) is 1. The molecule has 0 aromatic heterocycles. The number of alkyl halides is 3. The van der Waals surface area contributed by atoms with Gasteiger partial charge in [0.2, 0.25) is 0 Å². The quantitative estimate of drug-likeness (QED) is 0.886. The number of benzene rings is 1. The molecule has 1 aromatic rings. The van der Waals surface area contributed by atoms with Crippen molar-refractivity contribution in [1.82, 2.24) is 0 Å². The van der Waals surface area contributed by atoms with Gasteiger partial charge < -0.3 is 9.84 Å². The summed E-state index contributed by atoms with van der Waals surface area (Å²) in [5, 5.41) is 8.55. The van der Waals surface area contributed by atoms with E-state index in [2.05, 4.69) is 0 Å². The molecule has 0 aliphatic carbocycles. The molecule has 100 valence electrons. The minimum atomic E-state index is -4.59. The molecule has 18 heavy (non-hydrogen) atoms. The molecule has 6 heteroatoms. The smallest absolute Gasteiger partial charge is 0.396 e. The van der Waals surface area contributed by atoms with Gasteiger partial charge in [0, 0.05) is 0 Å². The average molecular weight is 262 g/mol. The second-order valence-corrected chi connectivity index (χ2v) is 3.70. The van der Waals surface area contributed by atoms with Crippen LogP contribution in [0, 0.1) is 0 Å². The Kier molecular flexibility index (Phi) is 4.58. The minimum Gasteiger partial charge on any atom is -0.494 e. The first-order chi connectivity index (χ1) is 8.34. The molecule has 0 spiro atoms. The fraction of sp³-hybridized carbons (Fsp3) is 0.417. The predicted molar refractivity (Wildman–Crippen MR) is 58.7 cm³/mol. The van der Waals surface area contributed by atoms with Crippen molar-refractivity contribution in [2.45, 2.75) is 25.4 Å². The van der Waals surface area contributed by atoms with E-state index >= 15 is 0 Å². The van der Waals surface area contributed by atoms with E-state index in [4.69, 9.17) is 9.84 Å². The molecule has 1 unspecified atom stereocenters. The minimum absolute atomic E-state index is 0.101. The third-order valence-corrected chi connectivity index (χ3v) is 2.35. The molecule has 0 saturated carbocycles. The maximum Gasteiger partial charge on any atom is 0.396 e. The standard InChI is InChI=1S/C12H13F3O3/c1-2-18-9-5-3-4-8(6-9)10(7-11(16)17)12(13,14)15/h3-6,10H,2,7H2,1H3,(H,16,17). The van der Waals surface area contributed by atoms with Crippen LogP contribution in [0.15, 0.2) is 24.3 Å². The highest BCUT2D eigenvalue weighted by Crippen LogP contribution is 2.38. The molecule has 1 aromatic carbocycles. The Hall–Kier alpha value is -1.72. The Morgan fingerprint density at radius 3 is 2.61 bits per heavy atom. The number of carboxylic acids is 1. The summed E-state index contributed by atoms with van der Waals surface area (Å²) in [5.74, 6) is -3.20. The fourth-order valence-corrected chi connectivity index (χ4v) is 1.58. The molecular formula is C12H13F3O3. The third kappa shape index (κ3) is 3.94. The Bertz CT molecular complexity index is 415. The second-order valence-electron chi connectivity index (χ2n) is 3.70. The van der Waals surface area contributed by atoms with E-state index in [0.29, 0.717) is 12.4 Å². The first kappa shape index (κ1) is 14.3. The molecule has 3 nitrogen and oxygen atoms in total. The van der Waals surface area contributed by atoms with Gasteiger partial charge in [-0.15, -0.1) is 0 Å². The van der Waals surface area contributed by atoms with Gasteiger partial charge in [-0.2, -0.15) is 13.2 Å². The van der Waals surface area contributed by atoms with Gasteiger partial charge in [0.1, 0.15) is 5.75 Å². The number of aliphatic carboxylic acids is 1. The molecule has 0 fully saturated rings. The van der Waals surface area contributed by atoms with Crippen molar-refractivity contribution in [3.63, 3.8) is 0 Å². The van der Waals surface area contributed by atoms with Crippen molar-refractivity contribution in [1.29, 1.82) is 0 Å². The molecule has 1 N–H and O–H groups in total. The predicted octanol–water partition coefficient (Wildman–Crippen LogP) is 3.21. The Labute approximate surface area is 102 Å². The molecule has 0 amide bonds. The number of hydrogen-bond donors (Lipinski definition) is 1. The summed E-state index contributed by atoms with van der Waals surface area (Å²) in [6.45, 7) is 2.05. The van der Waals surface area contributed by atoms with Gasteiger partial charge >= 0.3 is 12.1 Å². The van der Waals surface area contributed by atoms with Gasteiger partial charge in [-0.05, 0) is 24.6 Å². The van der Waals surface area contributed by atoms with Crippen LogP contribution in [0.3, 0.4) is 0 Å². The third-order valence-electron chi connectivity index (χ3n) is 2.35. The zero-order chi connectivity index (χ0) is 13.8. The number of rotatable bonds is 5. The number of hydrogen-bond acceptors (Lipinski definition) is 2.